The maximum absolute atomic E-state index is 11.7. The molecular formula is C12H20O3. The van der Waals surface area contributed by atoms with Crippen molar-refractivity contribution in [2.45, 2.75) is 34.6 Å². The number of Topliss-reactive ketones (excluding diaryl/α,β-unsaturated/α-hetero) is 1. The molecule has 3 heteroatoms. The molecule has 0 aliphatic heterocycles. The van der Waals surface area contributed by atoms with E-state index >= 15 is 0 Å². The fourth-order valence-corrected chi connectivity index (χ4v) is 1.10. The van der Waals surface area contributed by atoms with Gasteiger partial charge in [0.1, 0.15) is 0 Å². The fourth-order valence-electron chi connectivity index (χ4n) is 1.10. The Morgan fingerprint density at radius 1 is 1.20 bits per heavy atom. The van der Waals surface area contributed by atoms with Gasteiger partial charge in [0, 0.05) is 5.92 Å². The molecule has 0 aromatic rings. The molecule has 0 heterocycles. The summed E-state index contributed by atoms with van der Waals surface area (Å²) >= 11 is 0. The number of esters is 1. The van der Waals surface area contributed by atoms with Crippen molar-refractivity contribution < 1.29 is 14.3 Å². The molecule has 0 saturated heterocycles. The highest BCUT2D eigenvalue weighted by atomic mass is 16.5. The minimum Gasteiger partial charge on any atom is -0.462 e. The number of rotatable bonds is 5. The van der Waals surface area contributed by atoms with E-state index in [1.807, 2.05) is 13.8 Å². The average Bonchev–Trinajstić information content (AvgIpc) is 2.13. The van der Waals surface area contributed by atoms with E-state index < -0.39 is 5.97 Å². The second-order valence-corrected chi connectivity index (χ2v) is 4.06. The van der Waals surface area contributed by atoms with E-state index in [2.05, 4.69) is 0 Å². The van der Waals surface area contributed by atoms with Crippen LogP contribution in [-0.2, 0) is 14.3 Å². The van der Waals surface area contributed by atoms with Gasteiger partial charge >= 0.3 is 5.97 Å². The van der Waals surface area contributed by atoms with Crippen molar-refractivity contribution >= 4 is 11.8 Å². The molecule has 0 fully saturated rings. The Hall–Kier alpha value is -1.12. The Kier molecular flexibility index (Phi) is 5.90. The van der Waals surface area contributed by atoms with Crippen LogP contribution in [0, 0.1) is 11.8 Å². The number of carbonyl (C=O) groups excluding carboxylic acids is 2. The zero-order valence-electron chi connectivity index (χ0n) is 10.2. The Bertz CT molecular complexity index is 262. The summed E-state index contributed by atoms with van der Waals surface area (Å²) in [5.74, 6) is -0.682. The van der Waals surface area contributed by atoms with Gasteiger partial charge < -0.3 is 4.74 Å². The van der Waals surface area contributed by atoms with Gasteiger partial charge in [0.15, 0.2) is 5.78 Å². The first-order valence-electron chi connectivity index (χ1n) is 5.33. The van der Waals surface area contributed by atoms with Gasteiger partial charge in [-0.15, -0.1) is 0 Å². The summed E-state index contributed by atoms with van der Waals surface area (Å²) in [6, 6.07) is 0. The summed E-state index contributed by atoms with van der Waals surface area (Å²) in [7, 11) is 0. The predicted octanol–water partition coefficient (Wildman–Crippen LogP) is 2.36. The van der Waals surface area contributed by atoms with Crippen LogP contribution in [0.15, 0.2) is 11.6 Å². The van der Waals surface area contributed by atoms with E-state index in [4.69, 9.17) is 4.74 Å². The van der Waals surface area contributed by atoms with Crippen molar-refractivity contribution in [3.05, 3.63) is 11.6 Å². The third-order valence-corrected chi connectivity index (χ3v) is 1.79. The molecule has 0 aromatic carbocycles. The Labute approximate surface area is 91.5 Å². The molecule has 0 atom stereocenters. The van der Waals surface area contributed by atoms with Crippen LogP contribution in [0.5, 0.6) is 0 Å². The average molecular weight is 212 g/mol. The Balaban J connectivity index is 4.90. The lowest BCUT2D eigenvalue weighted by Crippen LogP contribution is -2.20. The number of hydrogen-bond acceptors (Lipinski definition) is 3. The van der Waals surface area contributed by atoms with Crippen molar-refractivity contribution in [3.63, 3.8) is 0 Å². The normalized spacial score (nSPS) is 12.1. The molecule has 0 radical (unpaired) electrons. The molecule has 0 amide bonds. The highest BCUT2D eigenvalue weighted by Crippen LogP contribution is 2.11. The summed E-state index contributed by atoms with van der Waals surface area (Å²) in [6.45, 7) is 9.41. The van der Waals surface area contributed by atoms with E-state index in [1.54, 1.807) is 26.8 Å². The predicted molar refractivity (Wildman–Crippen MR) is 59.4 cm³/mol. The van der Waals surface area contributed by atoms with Crippen LogP contribution in [0.3, 0.4) is 0 Å². The van der Waals surface area contributed by atoms with E-state index in [0.717, 1.165) is 0 Å². The number of ether oxygens (including phenoxy) is 1. The van der Waals surface area contributed by atoms with Crippen molar-refractivity contribution in [1.29, 1.82) is 0 Å². The third-order valence-electron chi connectivity index (χ3n) is 1.79. The Morgan fingerprint density at radius 3 is 2.07 bits per heavy atom. The summed E-state index contributed by atoms with van der Waals surface area (Å²) in [6.07, 6.45) is 1.67. The number of allylic oxidation sites excluding steroid dienone is 1. The zero-order valence-corrected chi connectivity index (χ0v) is 10.2. The molecule has 0 bridgehead atoms. The number of carbonyl (C=O) groups is 2. The van der Waals surface area contributed by atoms with Gasteiger partial charge in [-0.1, -0.05) is 33.8 Å². The zero-order chi connectivity index (χ0) is 12.0. The molecule has 15 heavy (non-hydrogen) atoms. The molecule has 0 aliphatic carbocycles. The standard InChI is InChI=1S/C12H20O3/c1-6-15-12(14)10(7-8(2)3)11(13)9(4)5/h7-9H,6H2,1-5H3/b10-7-. The molecule has 0 rings (SSSR count). The summed E-state index contributed by atoms with van der Waals surface area (Å²) < 4.78 is 4.85. The van der Waals surface area contributed by atoms with Gasteiger partial charge in [-0.3, -0.25) is 4.79 Å². The van der Waals surface area contributed by atoms with E-state index in [-0.39, 0.29) is 23.2 Å². The second kappa shape index (κ2) is 6.38. The van der Waals surface area contributed by atoms with Gasteiger partial charge in [-0.2, -0.15) is 0 Å². The van der Waals surface area contributed by atoms with Crippen molar-refractivity contribution in [2.75, 3.05) is 6.61 Å². The van der Waals surface area contributed by atoms with Crippen LogP contribution < -0.4 is 0 Å². The molecular weight excluding hydrogens is 192 g/mol. The van der Waals surface area contributed by atoms with Crippen LogP contribution in [0.1, 0.15) is 34.6 Å². The maximum atomic E-state index is 11.7. The van der Waals surface area contributed by atoms with E-state index in [1.165, 1.54) is 0 Å². The first-order chi connectivity index (χ1) is 6.90. The highest BCUT2D eigenvalue weighted by molar-refractivity contribution is 6.17. The van der Waals surface area contributed by atoms with Crippen molar-refractivity contribution in [1.82, 2.24) is 0 Å². The molecule has 86 valence electrons. The second-order valence-electron chi connectivity index (χ2n) is 4.06. The summed E-state index contributed by atoms with van der Waals surface area (Å²) in [5, 5.41) is 0. The van der Waals surface area contributed by atoms with E-state index in [0.29, 0.717) is 6.61 Å². The largest absolute Gasteiger partial charge is 0.462 e. The molecule has 0 N–H and O–H groups in total. The van der Waals surface area contributed by atoms with Crippen LogP contribution in [0.4, 0.5) is 0 Å². The molecule has 0 unspecified atom stereocenters. The lowest BCUT2D eigenvalue weighted by atomic mass is 9.98. The monoisotopic (exact) mass is 212 g/mol. The van der Waals surface area contributed by atoms with Crippen LogP contribution >= 0.6 is 0 Å². The number of ketones is 1. The first-order valence-corrected chi connectivity index (χ1v) is 5.33. The van der Waals surface area contributed by atoms with Gasteiger partial charge in [-0.25, -0.2) is 4.79 Å². The molecule has 0 spiro atoms. The summed E-state index contributed by atoms with van der Waals surface area (Å²) in [5.41, 5.74) is 0.182. The van der Waals surface area contributed by atoms with Crippen LogP contribution in [-0.4, -0.2) is 18.4 Å². The first kappa shape index (κ1) is 13.9. The van der Waals surface area contributed by atoms with E-state index in [9.17, 15) is 9.59 Å². The van der Waals surface area contributed by atoms with Gasteiger partial charge in [0.25, 0.3) is 0 Å². The maximum Gasteiger partial charge on any atom is 0.341 e. The smallest absolute Gasteiger partial charge is 0.341 e. The van der Waals surface area contributed by atoms with Crippen LogP contribution in [0.2, 0.25) is 0 Å². The molecule has 0 saturated carbocycles. The van der Waals surface area contributed by atoms with Gasteiger partial charge in [0.05, 0.1) is 12.2 Å². The van der Waals surface area contributed by atoms with Crippen LogP contribution in [0.25, 0.3) is 0 Å². The minimum atomic E-state index is -0.509. The van der Waals surface area contributed by atoms with Gasteiger partial charge in [0.2, 0.25) is 0 Å². The molecule has 3 nitrogen and oxygen atoms in total. The minimum absolute atomic E-state index is 0.151. The molecule has 0 aromatic heterocycles. The lowest BCUT2D eigenvalue weighted by molar-refractivity contribution is -0.140. The SMILES string of the molecule is CCOC(=O)/C(=C\C(C)C)C(=O)C(C)C. The third kappa shape index (κ3) is 4.77. The number of hydrogen-bond donors (Lipinski definition) is 0. The quantitative estimate of drug-likeness (QED) is 0.304. The molecule has 0 aliphatic rings. The highest BCUT2D eigenvalue weighted by Gasteiger charge is 2.21. The summed E-state index contributed by atoms with van der Waals surface area (Å²) in [4.78, 5) is 23.2. The Morgan fingerprint density at radius 2 is 1.73 bits per heavy atom. The fraction of sp³-hybridized carbons (Fsp3) is 0.667. The van der Waals surface area contributed by atoms with Crippen molar-refractivity contribution in [2.24, 2.45) is 11.8 Å². The topological polar surface area (TPSA) is 43.4 Å². The van der Waals surface area contributed by atoms with Crippen molar-refractivity contribution in [3.8, 4) is 0 Å². The van der Waals surface area contributed by atoms with Gasteiger partial charge in [-0.05, 0) is 12.8 Å². The lowest BCUT2D eigenvalue weighted by Gasteiger charge is -2.09.